The lowest BCUT2D eigenvalue weighted by molar-refractivity contribution is 0.180. The molecule has 0 aliphatic heterocycles. The van der Waals surface area contributed by atoms with Gasteiger partial charge in [-0.2, -0.15) is 4.31 Å². The fourth-order valence-electron chi connectivity index (χ4n) is 1.54. The minimum absolute atomic E-state index is 0.286. The molecule has 0 atom stereocenters. The number of hydrogen-bond donors (Lipinski definition) is 0. The SMILES string of the molecule is CCN(CCOC)S(=O)(=O)c1ccc(CCl)cc1. The van der Waals surface area contributed by atoms with E-state index >= 15 is 0 Å². The van der Waals surface area contributed by atoms with Crippen LogP contribution in [0.1, 0.15) is 12.5 Å². The molecule has 18 heavy (non-hydrogen) atoms. The minimum Gasteiger partial charge on any atom is -0.383 e. The summed E-state index contributed by atoms with van der Waals surface area (Å²) >= 11 is 5.68. The maximum absolute atomic E-state index is 12.3. The van der Waals surface area contributed by atoms with E-state index in [1.165, 1.54) is 4.31 Å². The predicted octanol–water partition coefficient (Wildman–Crippen LogP) is 2.08. The number of rotatable bonds is 7. The largest absolute Gasteiger partial charge is 0.383 e. The first-order valence-corrected chi connectivity index (χ1v) is 7.67. The molecular formula is C12H18ClNO3S. The van der Waals surface area contributed by atoms with Gasteiger partial charge in [-0.3, -0.25) is 0 Å². The molecule has 0 saturated carbocycles. The number of likely N-dealkylation sites (N-methyl/N-ethyl adjacent to an activating group) is 1. The summed E-state index contributed by atoms with van der Waals surface area (Å²) < 4.78 is 30.9. The van der Waals surface area contributed by atoms with Gasteiger partial charge in [0, 0.05) is 26.1 Å². The Hall–Kier alpha value is -0.620. The van der Waals surface area contributed by atoms with E-state index in [1.807, 2.05) is 0 Å². The number of alkyl halides is 1. The van der Waals surface area contributed by atoms with Gasteiger partial charge < -0.3 is 4.74 Å². The third-order valence-corrected chi connectivity index (χ3v) is 4.91. The van der Waals surface area contributed by atoms with E-state index in [2.05, 4.69) is 0 Å². The average Bonchev–Trinajstić information content (AvgIpc) is 2.39. The van der Waals surface area contributed by atoms with Crippen molar-refractivity contribution in [3.05, 3.63) is 29.8 Å². The maximum Gasteiger partial charge on any atom is 0.243 e. The minimum atomic E-state index is -3.44. The third-order valence-electron chi connectivity index (χ3n) is 2.61. The van der Waals surface area contributed by atoms with Gasteiger partial charge in [0.15, 0.2) is 0 Å². The smallest absolute Gasteiger partial charge is 0.243 e. The van der Waals surface area contributed by atoms with Gasteiger partial charge in [0.05, 0.1) is 11.5 Å². The molecule has 0 N–H and O–H groups in total. The van der Waals surface area contributed by atoms with Crippen molar-refractivity contribution >= 4 is 21.6 Å². The summed E-state index contributed by atoms with van der Waals surface area (Å²) in [5.41, 5.74) is 0.899. The van der Waals surface area contributed by atoms with E-state index in [-0.39, 0.29) is 4.90 Å². The lowest BCUT2D eigenvalue weighted by Crippen LogP contribution is -2.33. The number of benzene rings is 1. The van der Waals surface area contributed by atoms with Gasteiger partial charge in [0.2, 0.25) is 10.0 Å². The van der Waals surface area contributed by atoms with Crippen LogP contribution >= 0.6 is 11.6 Å². The van der Waals surface area contributed by atoms with Gasteiger partial charge in [-0.25, -0.2) is 8.42 Å². The van der Waals surface area contributed by atoms with Crippen LogP contribution in [0.5, 0.6) is 0 Å². The molecule has 102 valence electrons. The highest BCUT2D eigenvalue weighted by Crippen LogP contribution is 2.16. The summed E-state index contributed by atoms with van der Waals surface area (Å²) in [5.74, 6) is 0.376. The van der Waals surface area contributed by atoms with E-state index in [1.54, 1.807) is 38.3 Å². The van der Waals surface area contributed by atoms with Crippen LogP contribution in [0.4, 0.5) is 0 Å². The van der Waals surface area contributed by atoms with Crippen LogP contribution in [0, 0.1) is 0 Å². The molecule has 0 saturated heterocycles. The van der Waals surface area contributed by atoms with Gasteiger partial charge in [-0.1, -0.05) is 19.1 Å². The topological polar surface area (TPSA) is 46.6 Å². The highest BCUT2D eigenvalue weighted by molar-refractivity contribution is 7.89. The molecule has 0 radical (unpaired) electrons. The second-order valence-corrected chi connectivity index (χ2v) is 5.97. The molecule has 1 rings (SSSR count). The van der Waals surface area contributed by atoms with E-state index < -0.39 is 10.0 Å². The number of ether oxygens (including phenoxy) is 1. The molecule has 0 unspecified atom stereocenters. The van der Waals surface area contributed by atoms with Crippen LogP contribution in [-0.4, -0.2) is 39.5 Å². The van der Waals surface area contributed by atoms with E-state index in [0.29, 0.717) is 25.6 Å². The van der Waals surface area contributed by atoms with Crippen molar-refractivity contribution in [2.24, 2.45) is 0 Å². The highest BCUT2D eigenvalue weighted by Gasteiger charge is 2.22. The van der Waals surface area contributed by atoms with Crippen molar-refractivity contribution in [2.75, 3.05) is 26.8 Å². The molecule has 1 aromatic carbocycles. The molecule has 0 aromatic heterocycles. The number of hydrogen-bond acceptors (Lipinski definition) is 3. The van der Waals surface area contributed by atoms with Crippen LogP contribution in [0.15, 0.2) is 29.2 Å². The Labute approximate surface area is 114 Å². The Balaban J connectivity index is 2.95. The molecule has 0 aliphatic carbocycles. The number of methoxy groups -OCH3 is 1. The molecule has 6 heteroatoms. The highest BCUT2D eigenvalue weighted by atomic mass is 35.5. The van der Waals surface area contributed by atoms with Crippen molar-refractivity contribution in [3.63, 3.8) is 0 Å². The zero-order chi connectivity index (χ0) is 13.6. The third kappa shape index (κ3) is 3.68. The Morgan fingerprint density at radius 3 is 2.33 bits per heavy atom. The summed E-state index contributed by atoms with van der Waals surface area (Å²) in [6, 6.07) is 6.62. The molecule has 0 amide bonds. The Bertz CT molecular complexity index is 459. The molecule has 0 heterocycles. The molecule has 4 nitrogen and oxygen atoms in total. The monoisotopic (exact) mass is 291 g/mol. The van der Waals surface area contributed by atoms with Gasteiger partial charge >= 0.3 is 0 Å². The van der Waals surface area contributed by atoms with E-state index in [9.17, 15) is 8.42 Å². The number of halogens is 1. The van der Waals surface area contributed by atoms with Crippen molar-refractivity contribution in [1.29, 1.82) is 0 Å². The first kappa shape index (κ1) is 15.4. The van der Waals surface area contributed by atoms with Crippen LogP contribution in [0.2, 0.25) is 0 Å². The molecule has 0 bridgehead atoms. The Morgan fingerprint density at radius 1 is 1.28 bits per heavy atom. The van der Waals surface area contributed by atoms with Crippen molar-refractivity contribution in [2.45, 2.75) is 17.7 Å². The van der Waals surface area contributed by atoms with Crippen molar-refractivity contribution in [1.82, 2.24) is 4.31 Å². The van der Waals surface area contributed by atoms with Crippen LogP contribution < -0.4 is 0 Å². The zero-order valence-corrected chi connectivity index (χ0v) is 12.2. The number of sulfonamides is 1. The van der Waals surface area contributed by atoms with E-state index in [0.717, 1.165) is 5.56 Å². The van der Waals surface area contributed by atoms with Crippen molar-refractivity contribution < 1.29 is 13.2 Å². The zero-order valence-electron chi connectivity index (χ0n) is 10.6. The molecular weight excluding hydrogens is 274 g/mol. The maximum atomic E-state index is 12.3. The summed E-state index contributed by atoms with van der Waals surface area (Å²) in [4.78, 5) is 0.286. The second kappa shape index (κ2) is 7.09. The molecule has 0 fully saturated rings. The van der Waals surface area contributed by atoms with Gasteiger partial charge in [-0.05, 0) is 17.7 Å². The van der Waals surface area contributed by atoms with Gasteiger partial charge in [0.25, 0.3) is 0 Å². The first-order chi connectivity index (χ1) is 8.56. The first-order valence-electron chi connectivity index (χ1n) is 5.70. The second-order valence-electron chi connectivity index (χ2n) is 3.77. The van der Waals surface area contributed by atoms with Gasteiger partial charge in [-0.15, -0.1) is 11.6 Å². The quantitative estimate of drug-likeness (QED) is 0.723. The van der Waals surface area contributed by atoms with Crippen LogP contribution in [0.3, 0.4) is 0 Å². The van der Waals surface area contributed by atoms with Gasteiger partial charge in [0.1, 0.15) is 0 Å². The summed E-state index contributed by atoms with van der Waals surface area (Å²) in [6.45, 7) is 2.96. The van der Waals surface area contributed by atoms with Crippen LogP contribution in [-0.2, 0) is 20.6 Å². The summed E-state index contributed by atoms with van der Waals surface area (Å²) in [5, 5.41) is 0. The number of nitrogens with zero attached hydrogens (tertiary/aromatic N) is 1. The predicted molar refractivity (Wildman–Crippen MR) is 72.3 cm³/mol. The fourth-order valence-corrected chi connectivity index (χ4v) is 3.15. The molecule has 1 aromatic rings. The van der Waals surface area contributed by atoms with Crippen LogP contribution in [0.25, 0.3) is 0 Å². The standard InChI is InChI=1S/C12H18ClNO3S/c1-3-14(8-9-17-2)18(15,16)12-6-4-11(10-13)5-7-12/h4-7H,3,8-10H2,1-2H3. The normalized spacial score (nSPS) is 12.0. The Morgan fingerprint density at radius 2 is 1.89 bits per heavy atom. The Kier molecular flexibility index (Phi) is 6.08. The summed E-state index contributed by atoms with van der Waals surface area (Å²) in [7, 11) is -1.89. The average molecular weight is 292 g/mol. The molecule has 0 aliphatic rings. The lowest BCUT2D eigenvalue weighted by atomic mass is 10.2. The summed E-state index contributed by atoms with van der Waals surface area (Å²) in [6.07, 6.45) is 0. The van der Waals surface area contributed by atoms with Crippen molar-refractivity contribution in [3.8, 4) is 0 Å². The molecule has 0 spiro atoms. The lowest BCUT2D eigenvalue weighted by Gasteiger charge is -2.20. The van der Waals surface area contributed by atoms with E-state index in [4.69, 9.17) is 16.3 Å². The fraction of sp³-hybridized carbons (Fsp3) is 0.500.